The highest BCUT2D eigenvalue weighted by molar-refractivity contribution is 9.10. The van der Waals surface area contributed by atoms with Crippen LogP contribution in [0.4, 0.5) is 5.69 Å². The first-order chi connectivity index (χ1) is 7.65. The summed E-state index contributed by atoms with van der Waals surface area (Å²) in [7, 11) is 1.40. The summed E-state index contributed by atoms with van der Waals surface area (Å²) in [5, 5.41) is 0. The standard InChI is InChI=1S/C11H14BrNO2S/c1-15-10(14)5-6-16-7-8-3-2-4-9(13)11(8)12/h2-4H,5-7,13H2,1H3. The maximum atomic E-state index is 10.9. The third-order valence-electron chi connectivity index (χ3n) is 2.04. The number of methoxy groups -OCH3 is 1. The van der Waals surface area contributed by atoms with E-state index < -0.39 is 0 Å². The molecule has 2 N–H and O–H groups in total. The molecule has 0 heterocycles. The minimum Gasteiger partial charge on any atom is -0.469 e. The summed E-state index contributed by atoms with van der Waals surface area (Å²) in [5.74, 6) is 1.43. The molecular weight excluding hydrogens is 290 g/mol. The van der Waals surface area contributed by atoms with Crippen molar-refractivity contribution in [1.82, 2.24) is 0 Å². The highest BCUT2D eigenvalue weighted by Gasteiger charge is 2.04. The molecule has 0 fully saturated rings. The second kappa shape index (κ2) is 6.81. The number of nitrogens with two attached hydrogens (primary N) is 1. The first-order valence-corrected chi connectivity index (χ1v) is 6.77. The van der Waals surface area contributed by atoms with Gasteiger partial charge in [-0.2, -0.15) is 11.8 Å². The van der Waals surface area contributed by atoms with Crippen molar-refractivity contribution >= 4 is 39.3 Å². The highest BCUT2D eigenvalue weighted by atomic mass is 79.9. The minimum atomic E-state index is -0.167. The number of hydrogen-bond acceptors (Lipinski definition) is 4. The molecule has 0 radical (unpaired) electrons. The molecular formula is C11H14BrNO2S. The van der Waals surface area contributed by atoms with Gasteiger partial charge in [-0.15, -0.1) is 0 Å². The normalized spacial score (nSPS) is 10.1. The van der Waals surface area contributed by atoms with Crippen molar-refractivity contribution in [3.05, 3.63) is 28.2 Å². The van der Waals surface area contributed by atoms with Gasteiger partial charge in [-0.3, -0.25) is 4.79 Å². The Morgan fingerprint density at radius 3 is 3.00 bits per heavy atom. The third kappa shape index (κ3) is 4.06. The number of thioether (sulfide) groups is 1. The average molecular weight is 304 g/mol. The van der Waals surface area contributed by atoms with E-state index in [-0.39, 0.29) is 5.97 Å². The number of anilines is 1. The predicted octanol–water partition coefficient (Wildman–Crippen LogP) is 2.83. The summed E-state index contributed by atoms with van der Waals surface area (Å²) in [5.41, 5.74) is 7.65. The zero-order valence-electron chi connectivity index (χ0n) is 9.03. The number of benzene rings is 1. The molecule has 3 nitrogen and oxygen atoms in total. The lowest BCUT2D eigenvalue weighted by Crippen LogP contribution is -2.01. The fourth-order valence-corrected chi connectivity index (χ4v) is 2.66. The quantitative estimate of drug-likeness (QED) is 0.516. The van der Waals surface area contributed by atoms with E-state index in [0.717, 1.165) is 27.2 Å². The molecule has 88 valence electrons. The summed E-state index contributed by atoms with van der Waals surface area (Å²) in [6.45, 7) is 0. The van der Waals surface area contributed by atoms with Crippen LogP contribution in [-0.2, 0) is 15.3 Å². The van der Waals surface area contributed by atoms with Crippen LogP contribution in [0.3, 0.4) is 0 Å². The van der Waals surface area contributed by atoms with Gasteiger partial charge in [0, 0.05) is 21.7 Å². The Hall–Kier alpha value is -0.680. The van der Waals surface area contributed by atoms with Crippen molar-refractivity contribution in [3.8, 4) is 0 Å². The monoisotopic (exact) mass is 303 g/mol. The van der Waals surface area contributed by atoms with Crippen molar-refractivity contribution in [2.75, 3.05) is 18.6 Å². The van der Waals surface area contributed by atoms with Crippen LogP contribution in [0.1, 0.15) is 12.0 Å². The number of halogens is 1. The number of esters is 1. The van der Waals surface area contributed by atoms with Crippen LogP contribution in [0.5, 0.6) is 0 Å². The number of rotatable bonds is 5. The molecule has 1 aromatic carbocycles. The molecule has 0 unspecified atom stereocenters. The number of carbonyl (C=O) groups is 1. The van der Waals surface area contributed by atoms with Crippen LogP contribution in [0.15, 0.2) is 22.7 Å². The Morgan fingerprint density at radius 1 is 1.56 bits per heavy atom. The fraction of sp³-hybridized carbons (Fsp3) is 0.364. The molecule has 0 saturated carbocycles. The maximum absolute atomic E-state index is 10.9. The summed E-state index contributed by atoms with van der Waals surface area (Å²) >= 11 is 5.13. The van der Waals surface area contributed by atoms with Gasteiger partial charge in [-0.25, -0.2) is 0 Å². The average Bonchev–Trinajstić information content (AvgIpc) is 2.29. The van der Waals surface area contributed by atoms with Crippen molar-refractivity contribution in [3.63, 3.8) is 0 Å². The predicted molar refractivity (Wildman–Crippen MR) is 71.3 cm³/mol. The minimum absolute atomic E-state index is 0.167. The molecule has 1 aromatic rings. The largest absolute Gasteiger partial charge is 0.469 e. The van der Waals surface area contributed by atoms with Crippen molar-refractivity contribution in [2.45, 2.75) is 12.2 Å². The maximum Gasteiger partial charge on any atom is 0.306 e. The molecule has 0 amide bonds. The van der Waals surface area contributed by atoms with Gasteiger partial charge >= 0.3 is 5.97 Å². The van der Waals surface area contributed by atoms with Crippen LogP contribution < -0.4 is 5.73 Å². The second-order valence-corrected chi connectivity index (χ2v) is 5.10. The van der Waals surface area contributed by atoms with Gasteiger partial charge in [-0.05, 0) is 27.6 Å². The fourth-order valence-electron chi connectivity index (χ4n) is 1.15. The summed E-state index contributed by atoms with van der Waals surface area (Å²) in [6.07, 6.45) is 0.446. The summed E-state index contributed by atoms with van der Waals surface area (Å²) in [6, 6.07) is 5.80. The van der Waals surface area contributed by atoms with Gasteiger partial charge in [0.25, 0.3) is 0 Å². The zero-order valence-corrected chi connectivity index (χ0v) is 11.4. The number of hydrogen-bond donors (Lipinski definition) is 1. The van der Waals surface area contributed by atoms with Crippen LogP contribution in [0.2, 0.25) is 0 Å². The SMILES string of the molecule is COC(=O)CCSCc1cccc(N)c1Br. The Morgan fingerprint density at radius 2 is 2.31 bits per heavy atom. The molecule has 1 rings (SSSR count). The zero-order chi connectivity index (χ0) is 12.0. The first kappa shape index (κ1) is 13.4. The molecule has 0 bridgehead atoms. The van der Waals surface area contributed by atoms with Gasteiger partial charge in [0.05, 0.1) is 13.5 Å². The highest BCUT2D eigenvalue weighted by Crippen LogP contribution is 2.27. The second-order valence-electron chi connectivity index (χ2n) is 3.20. The molecule has 0 aliphatic rings. The number of nitrogen functional groups attached to an aromatic ring is 1. The molecule has 0 atom stereocenters. The van der Waals surface area contributed by atoms with Gasteiger partial charge in [0.1, 0.15) is 0 Å². The first-order valence-electron chi connectivity index (χ1n) is 4.82. The molecule has 0 aliphatic heterocycles. The van der Waals surface area contributed by atoms with E-state index in [9.17, 15) is 4.79 Å². The van der Waals surface area contributed by atoms with E-state index in [1.165, 1.54) is 7.11 Å². The topological polar surface area (TPSA) is 52.3 Å². The molecule has 0 spiro atoms. The van der Waals surface area contributed by atoms with Gasteiger partial charge in [0.2, 0.25) is 0 Å². The van der Waals surface area contributed by atoms with E-state index >= 15 is 0 Å². The Labute approximate surface area is 108 Å². The molecule has 0 aliphatic carbocycles. The van der Waals surface area contributed by atoms with Gasteiger partial charge < -0.3 is 10.5 Å². The van der Waals surface area contributed by atoms with Crippen LogP contribution in [-0.4, -0.2) is 18.8 Å². The lowest BCUT2D eigenvalue weighted by molar-refractivity contribution is -0.140. The number of carbonyl (C=O) groups excluding carboxylic acids is 1. The van der Waals surface area contributed by atoms with E-state index in [1.807, 2.05) is 18.2 Å². The van der Waals surface area contributed by atoms with Crippen LogP contribution in [0, 0.1) is 0 Å². The lowest BCUT2D eigenvalue weighted by Gasteiger charge is -2.06. The number of ether oxygens (including phenoxy) is 1. The van der Waals surface area contributed by atoms with Crippen molar-refractivity contribution in [1.29, 1.82) is 0 Å². The molecule has 16 heavy (non-hydrogen) atoms. The van der Waals surface area contributed by atoms with E-state index in [4.69, 9.17) is 5.73 Å². The van der Waals surface area contributed by atoms with Crippen LogP contribution >= 0.6 is 27.7 Å². The molecule has 5 heteroatoms. The van der Waals surface area contributed by atoms with Crippen LogP contribution in [0.25, 0.3) is 0 Å². The Bertz CT molecular complexity index is 371. The van der Waals surface area contributed by atoms with Gasteiger partial charge in [0.15, 0.2) is 0 Å². The Balaban J connectivity index is 2.38. The lowest BCUT2D eigenvalue weighted by atomic mass is 10.2. The molecule has 0 aromatic heterocycles. The van der Waals surface area contributed by atoms with Crippen molar-refractivity contribution in [2.24, 2.45) is 0 Å². The van der Waals surface area contributed by atoms with Gasteiger partial charge in [-0.1, -0.05) is 12.1 Å². The third-order valence-corrected chi connectivity index (χ3v) is 4.02. The smallest absolute Gasteiger partial charge is 0.306 e. The van der Waals surface area contributed by atoms with Crippen molar-refractivity contribution < 1.29 is 9.53 Å². The Kier molecular flexibility index (Phi) is 5.69. The summed E-state index contributed by atoms with van der Waals surface area (Å²) in [4.78, 5) is 10.9. The summed E-state index contributed by atoms with van der Waals surface area (Å²) < 4.78 is 5.51. The van der Waals surface area contributed by atoms with E-state index in [0.29, 0.717) is 6.42 Å². The molecule has 0 saturated heterocycles. The van der Waals surface area contributed by atoms with E-state index in [1.54, 1.807) is 11.8 Å². The van der Waals surface area contributed by atoms with E-state index in [2.05, 4.69) is 20.7 Å².